The Hall–Kier alpha value is -2.42. The van der Waals surface area contributed by atoms with E-state index in [0.29, 0.717) is 6.54 Å². The van der Waals surface area contributed by atoms with Gasteiger partial charge in [-0.15, -0.1) is 34.2 Å². The maximum atomic E-state index is 4.41. The van der Waals surface area contributed by atoms with Crippen LogP contribution in [0.5, 0.6) is 0 Å². The number of aryl methyl sites for hydroxylation is 1. The van der Waals surface area contributed by atoms with Crippen LogP contribution in [0.4, 0.5) is 0 Å². The second-order valence-electron chi connectivity index (χ2n) is 7.68. The molecule has 0 spiro atoms. The Morgan fingerprint density at radius 2 is 1.61 bits per heavy atom. The lowest BCUT2D eigenvalue weighted by molar-refractivity contribution is 0.596. The zero-order chi connectivity index (χ0) is 20.6. The molecule has 1 aromatic heterocycles. The molecular formula is C24H31IN6. The minimum atomic E-state index is 0. The summed E-state index contributed by atoms with van der Waals surface area (Å²) in [6.07, 6.45) is 4.69. The summed E-state index contributed by atoms with van der Waals surface area (Å²) in [6.45, 7) is 2.38. The van der Waals surface area contributed by atoms with Crippen LogP contribution in [0.3, 0.4) is 0 Å². The van der Waals surface area contributed by atoms with E-state index < -0.39 is 0 Å². The minimum absolute atomic E-state index is 0. The van der Waals surface area contributed by atoms with E-state index in [1.165, 1.54) is 30.4 Å². The van der Waals surface area contributed by atoms with E-state index in [1.807, 2.05) is 0 Å². The molecule has 0 unspecified atom stereocenters. The molecule has 2 heterocycles. The topological polar surface area (TPSA) is 67.1 Å². The first-order valence-electron chi connectivity index (χ1n) is 10.8. The Balaban J connectivity index is 0.00000272. The second-order valence-corrected chi connectivity index (χ2v) is 7.68. The smallest absolute Gasteiger partial charge is 0.191 e. The first-order valence-corrected chi connectivity index (χ1v) is 10.8. The number of guanidine groups is 1. The first kappa shape index (κ1) is 23.2. The number of nitrogens with zero attached hydrogens (tertiary/aromatic N) is 4. The van der Waals surface area contributed by atoms with Gasteiger partial charge < -0.3 is 15.2 Å². The highest BCUT2D eigenvalue weighted by molar-refractivity contribution is 14.0. The summed E-state index contributed by atoms with van der Waals surface area (Å²) in [7, 11) is 1.81. The van der Waals surface area contributed by atoms with Gasteiger partial charge in [-0.3, -0.25) is 4.99 Å². The number of aromatic nitrogens is 3. The summed E-state index contributed by atoms with van der Waals surface area (Å²) in [4.78, 5) is 4.41. The van der Waals surface area contributed by atoms with Gasteiger partial charge in [-0.2, -0.15) is 0 Å². The number of rotatable bonds is 6. The lowest BCUT2D eigenvalue weighted by Gasteiger charge is -2.20. The fraction of sp³-hybridized carbons (Fsp3) is 0.375. The molecule has 0 aliphatic carbocycles. The fourth-order valence-corrected chi connectivity index (χ4v) is 4.06. The van der Waals surface area contributed by atoms with Crippen molar-refractivity contribution in [3.8, 4) is 0 Å². The van der Waals surface area contributed by atoms with Crippen LogP contribution in [-0.4, -0.2) is 34.3 Å². The molecule has 7 heteroatoms. The third-order valence-corrected chi connectivity index (χ3v) is 5.70. The van der Waals surface area contributed by atoms with Crippen molar-refractivity contribution in [1.29, 1.82) is 0 Å². The molecule has 0 radical (unpaired) electrons. The van der Waals surface area contributed by atoms with Crippen LogP contribution in [0.2, 0.25) is 0 Å². The largest absolute Gasteiger partial charge is 0.355 e. The molecule has 6 nitrogen and oxygen atoms in total. The van der Waals surface area contributed by atoms with Crippen molar-refractivity contribution in [1.82, 2.24) is 25.4 Å². The standard InChI is InChI=1S/C24H30N6.HI/c1-25-24(27-18-23-29-28-22-15-9-4-10-16-30(22)23)26-17-21(19-11-5-2-6-12-19)20-13-7-3-8-14-20;/h2-3,5-8,11-14,21H,4,9-10,15-18H2,1H3,(H2,25,26,27);1H. The molecule has 1 aliphatic heterocycles. The molecule has 0 saturated heterocycles. The fourth-order valence-electron chi connectivity index (χ4n) is 4.06. The maximum absolute atomic E-state index is 4.41. The highest BCUT2D eigenvalue weighted by Gasteiger charge is 2.16. The summed E-state index contributed by atoms with van der Waals surface area (Å²) in [5, 5.41) is 15.7. The number of hydrogen-bond acceptors (Lipinski definition) is 3. The average molecular weight is 530 g/mol. The predicted molar refractivity (Wildman–Crippen MR) is 136 cm³/mol. The summed E-state index contributed by atoms with van der Waals surface area (Å²) in [5.74, 6) is 3.12. The molecule has 0 amide bonds. The lowest BCUT2D eigenvalue weighted by Crippen LogP contribution is -2.39. The molecule has 2 aromatic carbocycles. The number of hydrogen-bond donors (Lipinski definition) is 2. The molecule has 0 bridgehead atoms. The van der Waals surface area contributed by atoms with Crippen LogP contribution in [0.15, 0.2) is 65.7 Å². The SMILES string of the molecule is CN=C(NCc1nnc2n1CCCCC2)NCC(c1ccccc1)c1ccccc1.I. The second kappa shape index (κ2) is 11.8. The maximum Gasteiger partial charge on any atom is 0.191 e. The number of benzene rings is 2. The van der Waals surface area contributed by atoms with Gasteiger partial charge in [-0.25, -0.2) is 0 Å². The molecule has 0 saturated carbocycles. The zero-order valence-corrected chi connectivity index (χ0v) is 20.3. The summed E-state index contributed by atoms with van der Waals surface area (Å²) in [6, 6.07) is 21.2. The van der Waals surface area contributed by atoms with Crippen molar-refractivity contribution in [3.63, 3.8) is 0 Å². The molecule has 0 fully saturated rings. The Morgan fingerprint density at radius 1 is 0.935 bits per heavy atom. The van der Waals surface area contributed by atoms with E-state index in [4.69, 9.17) is 0 Å². The molecule has 3 aromatic rings. The van der Waals surface area contributed by atoms with Gasteiger partial charge in [0.15, 0.2) is 11.8 Å². The van der Waals surface area contributed by atoms with Gasteiger partial charge in [0, 0.05) is 32.5 Å². The number of fused-ring (bicyclic) bond motifs is 1. The van der Waals surface area contributed by atoms with Crippen molar-refractivity contribution in [3.05, 3.63) is 83.4 Å². The third kappa shape index (κ3) is 6.06. The van der Waals surface area contributed by atoms with E-state index in [0.717, 1.165) is 37.1 Å². The van der Waals surface area contributed by atoms with E-state index in [-0.39, 0.29) is 29.9 Å². The first-order chi connectivity index (χ1) is 14.8. The monoisotopic (exact) mass is 530 g/mol. The molecule has 4 rings (SSSR count). The van der Waals surface area contributed by atoms with Crippen molar-refractivity contribution in [2.24, 2.45) is 4.99 Å². The number of nitrogens with one attached hydrogen (secondary N) is 2. The van der Waals surface area contributed by atoms with Gasteiger partial charge in [0.05, 0.1) is 6.54 Å². The van der Waals surface area contributed by atoms with E-state index in [2.05, 4.69) is 91.1 Å². The highest BCUT2D eigenvalue weighted by atomic mass is 127. The quantitative estimate of drug-likeness (QED) is 0.286. The van der Waals surface area contributed by atoms with Gasteiger partial charge in [0.25, 0.3) is 0 Å². The highest BCUT2D eigenvalue weighted by Crippen LogP contribution is 2.23. The van der Waals surface area contributed by atoms with Crippen molar-refractivity contribution in [2.75, 3.05) is 13.6 Å². The molecule has 2 N–H and O–H groups in total. The van der Waals surface area contributed by atoms with E-state index >= 15 is 0 Å². The average Bonchev–Trinajstić information content (AvgIpc) is 3.03. The summed E-state index contributed by atoms with van der Waals surface area (Å²) >= 11 is 0. The van der Waals surface area contributed by atoms with Crippen LogP contribution in [0.25, 0.3) is 0 Å². The predicted octanol–water partition coefficient (Wildman–Crippen LogP) is 4.12. The van der Waals surface area contributed by atoms with Crippen LogP contribution in [0, 0.1) is 0 Å². The summed E-state index contributed by atoms with van der Waals surface area (Å²) < 4.78 is 2.27. The van der Waals surface area contributed by atoms with E-state index in [1.54, 1.807) is 7.05 Å². The van der Waals surface area contributed by atoms with Gasteiger partial charge in [0.2, 0.25) is 0 Å². The van der Waals surface area contributed by atoms with Gasteiger partial charge in [0.1, 0.15) is 5.82 Å². The van der Waals surface area contributed by atoms with E-state index in [9.17, 15) is 0 Å². The Labute approximate surface area is 201 Å². The molecule has 0 atom stereocenters. The minimum Gasteiger partial charge on any atom is -0.355 e. The number of halogens is 1. The van der Waals surface area contributed by atoms with Crippen molar-refractivity contribution >= 4 is 29.9 Å². The Kier molecular flexibility index (Phi) is 8.87. The van der Waals surface area contributed by atoms with Gasteiger partial charge in [-0.05, 0) is 24.0 Å². The third-order valence-electron chi connectivity index (χ3n) is 5.70. The van der Waals surface area contributed by atoms with Crippen LogP contribution in [0.1, 0.15) is 48.0 Å². The van der Waals surface area contributed by atoms with Crippen LogP contribution >= 0.6 is 24.0 Å². The van der Waals surface area contributed by atoms with Gasteiger partial charge >= 0.3 is 0 Å². The molecule has 31 heavy (non-hydrogen) atoms. The normalized spacial score (nSPS) is 13.8. The lowest BCUT2D eigenvalue weighted by atomic mass is 9.91. The van der Waals surface area contributed by atoms with Crippen molar-refractivity contribution < 1.29 is 0 Å². The summed E-state index contributed by atoms with van der Waals surface area (Å²) in [5.41, 5.74) is 2.57. The van der Waals surface area contributed by atoms with Crippen molar-refractivity contribution in [2.45, 2.75) is 44.7 Å². The Morgan fingerprint density at radius 3 is 2.26 bits per heavy atom. The van der Waals surface area contributed by atoms with Crippen LogP contribution in [-0.2, 0) is 19.5 Å². The molecule has 164 valence electrons. The number of aliphatic imine (C=N–C) groups is 1. The van der Waals surface area contributed by atoms with Crippen LogP contribution < -0.4 is 10.6 Å². The van der Waals surface area contributed by atoms with Gasteiger partial charge in [-0.1, -0.05) is 67.1 Å². The zero-order valence-electron chi connectivity index (χ0n) is 18.0. The molecule has 1 aliphatic rings. The molecular weight excluding hydrogens is 499 g/mol. The Bertz CT molecular complexity index is 915.